The number of unbranched alkanes of at least 4 members (excludes halogenated alkanes) is 1. The third-order valence-electron chi connectivity index (χ3n) is 2.59. The predicted octanol–water partition coefficient (Wildman–Crippen LogP) is 1.76. The summed E-state index contributed by atoms with van der Waals surface area (Å²) < 4.78 is 4.58. The van der Waals surface area contributed by atoms with Crippen LogP contribution in [0.5, 0.6) is 0 Å². The van der Waals surface area contributed by atoms with Crippen LogP contribution in [-0.4, -0.2) is 32.6 Å². The van der Waals surface area contributed by atoms with Gasteiger partial charge in [0.25, 0.3) is 0 Å². The Morgan fingerprint density at radius 3 is 2.89 bits per heavy atom. The molecular weight excluding hydrogens is 262 g/mol. The van der Waals surface area contributed by atoms with E-state index in [-0.39, 0.29) is 5.97 Å². The van der Waals surface area contributed by atoms with Gasteiger partial charge in [0, 0.05) is 26.6 Å². The maximum atomic E-state index is 10.9. The van der Waals surface area contributed by atoms with E-state index in [2.05, 4.69) is 37.2 Å². The van der Waals surface area contributed by atoms with Gasteiger partial charge in [0.1, 0.15) is 0 Å². The first-order valence-corrected chi connectivity index (χ1v) is 7.23. The molecule has 0 fully saturated rings. The van der Waals surface area contributed by atoms with E-state index in [0.717, 1.165) is 31.9 Å². The van der Waals surface area contributed by atoms with Crippen molar-refractivity contribution in [2.45, 2.75) is 25.8 Å². The van der Waals surface area contributed by atoms with Gasteiger partial charge in [-0.25, -0.2) is 0 Å². The molecule has 0 spiro atoms. The van der Waals surface area contributed by atoms with E-state index in [1.165, 1.54) is 12.7 Å². The fraction of sp³-hybridized carbons (Fsp3) is 0.538. The molecule has 5 nitrogen and oxygen atoms in total. The first kappa shape index (κ1) is 15.5. The number of rotatable bonds is 7. The normalized spacial score (nSPS) is 11.2. The molecule has 0 radical (unpaired) electrons. The number of esters is 1. The van der Waals surface area contributed by atoms with Gasteiger partial charge in [-0.05, 0) is 35.2 Å². The summed E-state index contributed by atoms with van der Waals surface area (Å²) in [6.45, 7) is 1.56. The SMILES string of the molecule is CN=C(NCCCCC(=O)OC)NCc1ccsc1. The number of guanidine groups is 1. The highest BCUT2D eigenvalue weighted by atomic mass is 32.1. The Bertz CT molecular complexity index is 391. The molecule has 2 N–H and O–H groups in total. The van der Waals surface area contributed by atoms with E-state index in [9.17, 15) is 4.79 Å². The number of hydrogen-bond donors (Lipinski definition) is 2. The number of ether oxygens (including phenoxy) is 1. The van der Waals surface area contributed by atoms with Crippen LogP contribution in [0.2, 0.25) is 0 Å². The smallest absolute Gasteiger partial charge is 0.305 e. The zero-order chi connectivity index (χ0) is 13.9. The highest BCUT2D eigenvalue weighted by Crippen LogP contribution is 2.04. The molecule has 0 unspecified atom stereocenters. The van der Waals surface area contributed by atoms with Gasteiger partial charge in [-0.1, -0.05) is 0 Å². The number of thiophene rings is 1. The molecule has 0 atom stereocenters. The van der Waals surface area contributed by atoms with Crippen LogP contribution in [0.4, 0.5) is 0 Å². The summed E-state index contributed by atoms with van der Waals surface area (Å²) in [5.74, 6) is 0.629. The molecule has 0 aliphatic heterocycles. The molecular formula is C13H21N3O2S. The minimum Gasteiger partial charge on any atom is -0.469 e. The summed E-state index contributed by atoms with van der Waals surface area (Å²) in [4.78, 5) is 15.1. The molecule has 1 aromatic heterocycles. The summed E-state index contributed by atoms with van der Waals surface area (Å²) >= 11 is 1.68. The zero-order valence-electron chi connectivity index (χ0n) is 11.4. The highest BCUT2D eigenvalue weighted by molar-refractivity contribution is 7.07. The molecule has 6 heteroatoms. The number of nitrogens with zero attached hydrogens (tertiary/aromatic N) is 1. The third kappa shape index (κ3) is 6.81. The van der Waals surface area contributed by atoms with E-state index in [1.807, 2.05) is 0 Å². The van der Waals surface area contributed by atoms with Gasteiger partial charge in [-0.15, -0.1) is 0 Å². The second kappa shape index (κ2) is 9.38. The number of nitrogens with one attached hydrogen (secondary N) is 2. The maximum Gasteiger partial charge on any atom is 0.305 e. The van der Waals surface area contributed by atoms with Crippen molar-refractivity contribution in [3.05, 3.63) is 22.4 Å². The predicted molar refractivity (Wildman–Crippen MR) is 78.4 cm³/mol. The van der Waals surface area contributed by atoms with Gasteiger partial charge < -0.3 is 15.4 Å². The fourth-order valence-electron chi connectivity index (χ4n) is 1.50. The molecule has 0 bridgehead atoms. The Balaban J connectivity index is 2.10. The van der Waals surface area contributed by atoms with Crippen molar-refractivity contribution < 1.29 is 9.53 Å². The molecule has 0 aliphatic rings. The molecule has 1 aromatic rings. The lowest BCUT2D eigenvalue weighted by atomic mass is 10.2. The van der Waals surface area contributed by atoms with Crippen LogP contribution in [0.3, 0.4) is 0 Å². The van der Waals surface area contributed by atoms with E-state index in [1.54, 1.807) is 18.4 Å². The second-order valence-electron chi connectivity index (χ2n) is 4.02. The molecule has 1 rings (SSSR count). The average molecular weight is 283 g/mol. The minimum absolute atomic E-state index is 0.153. The molecule has 106 valence electrons. The fourth-order valence-corrected chi connectivity index (χ4v) is 2.17. The molecule has 19 heavy (non-hydrogen) atoms. The topological polar surface area (TPSA) is 62.7 Å². The van der Waals surface area contributed by atoms with Crippen molar-refractivity contribution in [3.8, 4) is 0 Å². The van der Waals surface area contributed by atoms with Crippen molar-refractivity contribution in [1.29, 1.82) is 0 Å². The van der Waals surface area contributed by atoms with Crippen LogP contribution in [-0.2, 0) is 16.1 Å². The van der Waals surface area contributed by atoms with Crippen LogP contribution in [0, 0.1) is 0 Å². The third-order valence-corrected chi connectivity index (χ3v) is 3.32. The number of aliphatic imine (C=N–C) groups is 1. The van der Waals surface area contributed by atoms with Gasteiger partial charge in [0.2, 0.25) is 0 Å². The Labute approximate surface area is 118 Å². The zero-order valence-corrected chi connectivity index (χ0v) is 12.3. The van der Waals surface area contributed by atoms with Crippen molar-refractivity contribution >= 4 is 23.3 Å². The lowest BCUT2D eigenvalue weighted by Crippen LogP contribution is -2.37. The van der Waals surface area contributed by atoms with Gasteiger partial charge in [0.05, 0.1) is 7.11 Å². The van der Waals surface area contributed by atoms with Crippen LogP contribution < -0.4 is 10.6 Å². The molecule has 0 saturated heterocycles. The molecule has 0 amide bonds. The summed E-state index contributed by atoms with van der Waals surface area (Å²) in [6, 6.07) is 2.08. The molecule has 0 aliphatic carbocycles. The van der Waals surface area contributed by atoms with Crippen molar-refractivity contribution in [2.75, 3.05) is 20.7 Å². The van der Waals surface area contributed by atoms with Gasteiger partial charge in [0.15, 0.2) is 5.96 Å². The summed E-state index contributed by atoms with van der Waals surface area (Å²) in [7, 11) is 3.16. The highest BCUT2D eigenvalue weighted by Gasteiger charge is 2.01. The van der Waals surface area contributed by atoms with Gasteiger partial charge >= 0.3 is 5.97 Å². The quantitative estimate of drug-likeness (QED) is 0.346. The van der Waals surface area contributed by atoms with E-state index < -0.39 is 0 Å². The largest absolute Gasteiger partial charge is 0.469 e. The lowest BCUT2D eigenvalue weighted by molar-refractivity contribution is -0.140. The number of carbonyl (C=O) groups excluding carboxylic acids is 1. The van der Waals surface area contributed by atoms with E-state index in [0.29, 0.717) is 6.42 Å². The Morgan fingerprint density at radius 2 is 2.26 bits per heavy atom. The summed E-state index contributed by atoms with van der Waals surface area (Å²) in [6.07, 6.45) is 2.20. The van der Waals surface area contributed by atoms with Gasteiger partial charge in [-0.2, -0.15) is 11.3 Å². The first-order valence-electron chi connectivity index (χ1n) is 6.28. The minimum atomic E-state index is -0.153. The number of carbonyl (C=O) groups is 1. The molecule has 1 heterocycles. The number of hydrogen-bond acceptors (Lipinski definition) is 4. The second-order valence-corrected chi connectivity index (χ2v) is 4.80. The van der Waals surface area contributed by atoms with E-state index in [4.69, 9.17) is 0 Å². The maximum absolute atomic E-state index is 10.9. The van der Waals surface area contributed by atoms with Crippen molar-refractivity contribution in [3.63, 3.8) is 0 Å². The number of methoxy groups -OCH3 is 1. The lowest BCUT2D eigenvalue weighted by Gasteiger charge is -2.11. The Morgan fingerprint density at radius 1 is 1.42 bits per heavy atom. The molecule has 0 saturated carbocycles. The van der Waals surface area contributed by atoms with Crippen LogP contribution >= 0.6 is 11.3 Å². The standard InChI is InChI=1S/C13H21N3O2S/c1-14-13(16-9-11-6-8-19-10-11)15-7-4-3-5-12(17)18-2/h6,8,10H,3-5,7,9H2,1-2H3,(H2,14,15,16). The first-order chi connectivity index (χ1) is 9.26. The monoisotopic (exact) mass is 283 g/mol. The Kier molecular flexibility index (Phi) is 7.65. The van der Waals surface area contributed by atoms with Crippen LogP contribution in [0.1, 0.15) is 24.8 Å². The van der Waals surface area contributed by atoms with Crippen molar-refractivity contribution in [1.82, 2.24) is 10.6 Å². The average Bonchev–Trinajstić information content (AvgIpc) is 2.94. The van der Waals surface area contributed by atoms with Crippen LogP contribution in [0.15, 0.2) is 21.8 Å². The van der Waals surface area contributed by atoms with Crippen LogP contribution in [0.25, 0.3) is 0 Å². The summed E-state index contributed by atoms with van der Waals surface area (Å²) in [5.41, 5.74) is 1.25. The van der Waals surface area contributed by atoms with Gasteiger partial charge in [-0.3, -0.25) is 9.79 Å². The molecule has 0 aromatic carbocycles. The Hall–Kier alpha value is -1.56. The van der Waals surface area contributed by atoms with Crippen molar-refractivity contribution in [2.24, 2.45) is 4.99 Å². The summed E-state index contributed by atoms with van der Waals surface area (Å²) in [5, 5.41) is 10.6. The van der Waals surface area contributed by atoms with E-state index >= 15 is 0 Å².